The fraction of sp³-hybridized carbons (Fsp3) is 0.200. The van der Waals surface area contributed by atoms with Gasteiger partial charge in [-0.25, -0.2) is 4.98 Å². The van der Waals surface area contributed by atoms with Gasteiger partial charge >= 0.3 is 0 Å². The molecule has 0 bridgehead atoms. The van der Waals surface area contributed by atoms with E-state index in [1.54, 1.807) is 43.3 Å². The first-order chi connectivity index (χ1) is 13.4. The molecule has 1 aromatic carbocycles. The van der Waals surface area contributed by atoms with Crippen molar-refractivity contribution in [2.24, 2.45) is 0 Å². The molecule has 0 radical (unpaired) electrons. The van der Waals surface area contributed by atoms with Crippen LogP contribution in [0.5, 0.6) is 0 Å². The molecule has 3 aromatic rings. The van der Waals surface area contributed by atoms with Gasteiger partial charge in [0.05, 0.1) is 10.6 Å². The Bertz CT molecular complexity index is 1120. The van der Waals surface area contributed by atoms with E-state index in [1.807, 2.05) is 5.38 Å². The third kappa shape index (κ3) is 4.23. The minimum absolute atomic E-state index is 0.0691. The standard InChI is InChI=1S/C20H19N3O3S2/c1-4-9-23-19(26)16-8-10-27-18(16)22-20(23)28-13(3)17(25)21-15-7-5-6-14(11-15)12(2)24/h4-8,10-11,13H,1,9H2,2-3H3,(H,21,25). The molecule has 0 saturated carbocycles. The number of allylic oxidation sites excluding steroid dienone is 1. The molecule has 0 saturated heterocycles. The lowest BCUT2D eigenvalue weighted by Gasteiger charge is -2.15. The molecule has 0 fully saturated rings. The van der Waals surface area contributed by atoms with Crippen molar-refractivity contribution in [3.63, 3.8) is 0 Å². The summed E-state index contributed by atoms with van der Waals surface area (Å²) in [5.41, 5.74) is 0.938. The average molecular weight is 414 g/mol. The Kier molecular flexibility index (Phi) is 6.11. The van der Waals surface area contributed by atoms with Crippen molar-refractivity contribution in [2.45, 2.75) is 30.8 Å². The molecule has 0 aliphatic heterocycles. The number of thioether (sulfide) groups is 1. The molecule has 28 heavy (non-hydrogen) atoms. The van der Waals surface area contributed by atoms with Crippen molar-refractivity contribution >= 4 is 50.7 Å². The van der Waals surface area contributed by atoms with Gasteiger partial charge in [-0.2, -0.15) is 0 Å². The van der Waals surface area contributed by atoms with Crippen molar-refractivity contribution in [2.75, 3.05) is 5.32 Å². The van der Waals surface area contributed by atoms with Crippen LogP contribution in [0.25, 0.3) is 10.2 Å². The highest BCUT2D eigenvalue weighted by Crippen LogP contribution is 2.25. The maximum Gasteiger partial charge on any atom is 0.263 e. The predicted molar refractivity (Wildman–Crippen MR) is 114 cm³/mol. The van der Waals surface area contributed by atoms with Gasteiger partial charge in [0.25, 0.3) is 5.56 Å². The van der Waals surface area contributed by atoms with E-state index in [1.165, 1.54) is 34.6 Å². The van der Waals surface area contributed by atoms with Gasteiger partial charge in [-0.05, 0) is 37.4 Å². The van der Waals surface area contributed by atoms with Crippen LogP contribution in [-0.2, 0) is 11.3 Å². The molecular formula is C20H19N3O3S2. The molecule has 8 heteroatoms. The number of fused-ring (bicyclic) bond motifs is 1. The fourth-order valence-electron chi connectivity index (χ4n) is 2.58. The number of nitrogens with one attached hydrogen (secondary N) is 1. The topological polar surface area (TPSA) is 81.1 Å². The Morgan fingerprint density at radius 2 is 2.18 bits per heavy atom. The number of benzene rings is 1. The molecule has 0 aliphatic carbocycles. The summed E-state index contributed by atoms with van der Waals surface area (Å²) in [6.07, 6.45) is 1.63. The van der Waals surface area contributed by atoms with Gasteiger partial charge in [-0.1, -0.05) is 30.0 Å². The third-order valence-corrected chi connectivity index (χ3v) is 5.94. The van der Waals surface area contributed by atoms with Gasteiger partial charge in [-0.3, -0.25) is 19.0 Å². The van der Waals surface area contributed by atoms with E-state index in [4.69, 9.17) is 0 Å². The van der Waals surface area contributed by atoms with E-state index < -0.39 is 5.25 Å². The Hall–Kier alpha value is -2.71. The first-order valence-corrected chi connectivity index (χ1v) is 10.3. The molecule has 2 heterocycles. The minimum atomic E-state index is -0.499. The van der Waals surface area contributed by atoms with Crippen LogP contribution in [0.2, 0.25) is 0 Å². The number of carbonyl (C=O) groups excluding carboxylic acids is 2. The number of rotatable bonds is 7. The Morgan fingerprint density at radius 3 is 2.89 bits per heavy atom. The van der Waals surface area contributed by atoms with Crippen LogP contribution >= 0.6 is 23.1 Å². The van der Waals surface area contributed by atoms with Crippen LogP contribution in [-0.4, -0.2) is 26.5 Å². The van der Waals surface area contributed by atoms with Crippen LogP contribution in [0.3, 0.4) is 0 Å². The highest BCUT2D eigenvalue weighted by molar-refractivity contribution is 8.00. The lowest BCUT2D eigenvalue weighted by Crippen LogP contribution is -2.26. The van der Waals surface area contributed by atoms with Crippen molar-refractivity contribution in [1.82, 2.24) is 9.55 Å². The summed E-state index contributed by atoms with van der Waals surface area (Å²) in [5, 5.41) is 5.17. The molecule has 2 aromatic heterocycles. The van der Waals surface area contributed by atoms with E-state index >= 15 is 0 Å². The summed E-state index contributed by atoms with van der Waals surface area (Å²) in [6, 6.07) is 8.54. The van der Waals surface area contributed by atoms with Gasteiger partial charge in [-0.15, -0.1) is 17.9 Å². The number of carbonyl (C=O) groups is 2. The highest BCUT2D eigenvalue weighted by atomic mass is 32.2. The lowest BCUT2D eigenvalue weighted by molar-refractivity contribution is -0.115. The second-order valence-electron chi connectivity index (χ2n) is 6.12. The smallest absolute Gasteiger partial charge is 0.263 e. The molecule has 1 amide bonds. The third-order valence-electron chi connectivity index (χ3n) is 4.05. The van der Waals surface area contributed by atoms with Crippen molar-refractivity contribution in [3.8, 4) is 0 Å². The Balaban J connectivity index is 1.83. The quantitative estimate of drug-likeness (QED) is 0.274. The first kappa shape index (κ1) is 20.0. The zero-order valence-corrected chi connectivity index (χ0v) is 17.1. The van der Waals surface area contributed by atoms with E-state index in [-0.39, 0.29) is 17.2 Å². The monoisotopic (exact) mass is 413 g/mol. The summed E-state index contributed by atoms with van der Waals surface area (Å²) in [5.74, 6) is -0.309. The van der Waals surface area contributed by atoms with E-state index in [2.05, 4.69) is 16.9 Å². The summed E-state index contributed by atoms with van der Waals surface area (Å²) >= 11 is 2.60. The molecule has 1 atom stereocenters. The molecule has 3 rings (SSSR count). The van der Waals surface area contributed by atoms with Crippen molar-refractivity contribution in [1.29, 1.82) is 0 Å². The van der Waals surface area contributed by atoms with Crippen LogP contribution in [0.1, 0.15) is 24.2 Å². The summed E-state index contributed by atoms with van der Waals surface area (Å²) in [4.78, 5) is 42.0. The number of amides is 1. The molecular weight excluding hydrogens is 394 g/mol. The summed E-state index contributed by atoms with van der Waals surface area (Å²) in [7, 11) is 0. The zero-order chi connectivity index (χ0) is 20.3. The lowest BCUT2D eigenvalue weighted by atomic mass is 10.1. The van der Waals surface area contributed by atoms with Gasteiger partial charge < -0.3 is 5.32 Å². The zero-order valence-electron chi connectivity index (χ0n) is 15.5. The fourth-order valence-corrected chi connectivity index (χ4v) is 4.30. The molecule has 1 N–H and O–H groups in total. The maximum atomic E-state index is 12.7. The Labute approximate surface area is 170 Å². The largest absolute Gasteiger partial charge is 0.325 e. The van der Waals surface area contributed by atoms with Crippen LogP contribution in [0, 0.1) is 0 Å². The summed E-state index contributed by atoms with van der Waals surface area (Å²) in [6.45, 7) is 7.24. The number of ketones is 1. The van der Waals surface area contributed by atoms with Crippen molar-refractivity contribution < 1.29 is 9.59 Å². The number of aromatic nitrogens is 2. The van der Waals surface area contributed by atoms with Gasteiger partial charge in [0.1, 0.15) is 4.83 Å². The van der Waals surface area contributed by atoms with Crippen LogP contribution < -0.4 is 10.9 Å². The Morgan fingerprint density at radius 1 is 1.39 bits per heavy atom. The normalized spacial score (nSPS) is 11.9. The SMILES string of the molecule is C=CCn1c(SC(C)C(=O)Nc2cccc(C(C)=O)c2)nc2sccc2c1=O. The van der Waals surface area contributed by atoms with Crippen molar-refractivity contribution in [3.05, 3.63) is 64.3 Å². The molecule has 0 spiro atoms. The van der Waals surface area contributed by atoms with Gasteiger partial charge in [0.2, 0.25) is 5.91 Å². The second-order valence-corrected chi connectivity index (χ2v) is 8.33. The van der Waals surface area contributed by atoms with Crippen LogP contribution in [0.4, 0.5) is 5.69 Å². The number of thiophene rings is 1. The van der Waals surface area contributed by atoms with E-state index in [0.717, 1.165) is 0 Å². The molecule has 6 nitrogen and oxygen atoms in total. The van der Waals surface area contributed by atoms with E-state index in [0.29, 0.717) is 33.2 Å². The maximum absolute atomic E-state index is 12.7. The summed E-state index contributed by atoms with van der Waals surface area (Å²) < 4.78 is 1.52. The second kappa shape index (κ2) is 8.53. The van der Waals surface area contributed by atoms with Gasteiger partial charge in [0, 0.05) is 17.8 Å². The first-order valence-electron chi connectivity index (χ1n) is 8.58. The highest BCUT2D eigenvalue weighted by Gasteiger charge is 2.20. The number of hydrogen-bond donors (Lipinski definition) is 1. The van der Waals surface area contributed by atoms with Gasteiger partial charge in [0.15, 0.2) is 10.9 Å². The minimum Gasteiger partial charge on any atom is -0.325 e. The van der Waals surface area contributed by atoms with Crippen LogP contribution in [0.15, 0.2) is 58.3 Å². The average Bonchev–Trinajstić information content (AvgIpc) is 3.13. The number of hydrogen-bond acceptors (Lipinski definition) is 6. The molecule has 1 unspecified atom stereocenters. The molecule has 144 valence electrons. The predicted octanol–water partition coefficient (Wildman–Crippen LogP) is 3.97. The number of anilines is 1. The molecule has 0 aliphatic rings. The number of Topliss-reactive ketones (excluding diaryl/α,β-unsaturated/α-hetero) is 1. The van der Waals surface area contributed by atoms with E-state index in [9.17, 15) is 14.4 Å². The number of nitrogens with zero attached hydrogens (tertiary/aromatic N) is 2.